The number of piperidine rings is 1. The predicted molar refractivity (Wildman–Crippen MR) is 82.3 cm³/mol. The van der Waals surface area contributed by atoms with E-state index >= 15 is 0 Å². The summed E-state index contributed by atoms with van der Waals surface area (Å²) in [5.74, 6) is 0. The van der Waals surface area contributed by atoms with Crippen molar-refractivity contribution in [3.8, 4) is 0 Å². The molecule has 5 heteroatoms. The third kappa shape index (κ3) is 2.84. The molecule has 2 N–H and O–H groups in total. The highest BCUT2D eigenvalue weighted by molar-refractivity contribution is 9.10. The van der Waals surface area contributed by atoms with Crippen LogP contribution in [0, 0.1) is 0 Å². The maximum absolute atomic E-state index is 5.83. The molecule has 3 nitrogen and oxygen atoms in total. The van der Waals surface area contributed by atoms with Crippen molar-refractivity contribution >= 4 is 38.8 Å². The first-order valence-electron chi connectivity index (χ1n) is 5.99. The summed E-state index contributed by atoms with van der Waals surface area (Å²) in [6.45, 7) is 1.95. The number of nitrogens with zero attached hydrogens (tertiary/aromatic N) is 1. The van der Waals surface area contributed by atoms with Gasteiger partial charge in [0.25, 0.3) is 0 Å². The van der Waals surface area contributed by atoms with Gasteiger partial charge in [-0.25, -0.2) is 0 Å². The molecule has 1 aliphatic rings. The van der Waals surface area contributed by atoms with E-state index in [-0.39, 0.29) is 0 Å². The van der Waals surface area contributed by atoms with Gasteiger partial charge < -0.3 is 15.4 Å². The lowest BCUT2D eigenvalue weighted by atomic mass is 10.0. The molecule has 0 unspecified atom stereocenters. The van der Waals surface area contributed by atoms with Gasteiger partial charge in [0.05, 0.1) is 6.10 Å². The molecular formula is C13H17BrN2OS. The Kier molecular flexibility index (Phi) is 4.59. The zero-order valence-corrected chi connectivity index (χ0v) is 12.8. The summed E-state index contributed by atoms with van der Waals surface area (Å²) in [6.07, 6.45) is 2.46. The summed E-state index contributed by atoms with van der Waals surface area (Å²) in [5.41, 5.74) is 7.88. The molecule has 0 spiro atoms. The Balaban J connectivity index is 2.24. The maximum atomic E-state index is 5.83. The van der Waals surface area contributed by atoms with Crippen molar-refractivity contribution in [2.24, 2.45) is 5.73 Å². The smallest absolute Gasteiger partial charge is 0.107 e. The number of ether oxygens (including phenoxy) is 1. The highest BCUT2D eigenvalue weighted by Crippen LogP contribution is 2.30. The van der Waals surface area contributed by atoms with Crippen LogP contribution in [0.15, 0.2) is 22.7 Å². The van der Waals surface area contributed by atoms with Crippen molar-refractivity contribution in [2.75, 3.05) is 25.1 Å². The van der Waals surface area contributed by atoms with Crippen LogP contribution in [0.2, 0.25) is 0 Å². The van der Waals surface area contributed by atoms with Crippen molar-refractivity contribution in [2.45, 2.75) is 18.9 Å². The van der Waals surface area contributed by atoms with Gasteiger partial charge in [0, 0.05) is 35.9 Å². The summed E-state index contributed by atoms with van der Waals surface area (Å²) < 4.78 is 6.35. The van der Waals surface area contributed by atoms with E-state index in [9.17, 15) is 0 Å². The van der Waals surface area contributed by atoms with Crippen LogP contribution in [0.3, 0.4) is 0 Å². The van der Waals surface area contributed by atoms with E-state index in [1.807, 2.05) is 12.1 Å². The molecule has 0 bridgehead atoms. The summed E-state index contributed by atoms with van der Waals surface area (Å²) in [6, 6.07) is 6.07. The van der Waals surface area contributed by atoms with Gasteiger partial charge >= 0.3 is 0 Å². The van der Waals surface area contributed by atoms with Gasteiger partial charge in [0.2, 0.25) is 0 Å². The minimum atomic E-state index is 0.377. The van der Waals surface area contributed by atoms with Crippen LogP contribution in [-0.2, 0) is 4.74 Å². The fourth-order valence-corrected chi connectivity index (χ4v) is 3.27. The Morgan fingerprint density at radius 3 is 2.67 bits per heavy atom. The summed E-state index contributed by atoms with van der Waals surface area (Å²) in [5, 5.41) is 0. The molecule has 0 saturated carbocycles. The van der Waals surface area contributed by atoms with Gasteiger partial charge in [0.15, 0.2) is 0 Å². The largest absolute Gasteiger partial charge is 0.389 e. The molecule has 0 aromatic heterocycles. The van der Waals surface area contributed by atoms with Gasteiger partial charge in [-0.15, -0.1) is 0 Å². The van der Waals surface area contributed by atoms with Gasteiger partial charge in [0.1, 0.15) is 4.99 Å². The molecule has 0 atom stereocenters. The number of benzene rings is 1. The second kappa shape index (κ2) is 5.99. The van der Waals surface area contributed by atoms with Gasteiger partial charge in [-0.2, -0.15) is 0 Å². The average Bonchev–Trinajstić information content (AvgIpc) is 2.38. The van der Waals surface area contributed by atoms with E-state index in [0.717, 1.165) is 41.7 Å². The molecule has 1 heterocycles. The number of rotatable bonds is 3. The Morgan fingerprint density at radius 2 is 2.11 bits per heavy atom. The van der Waals surface area contributed by atoms with Crippen LogP contribution in [0.25, 0.3) is 0 Å². The number of halogens is 1. The van der Waals surface area contributed by atoms with Crippen molar-refractivity contribution in [3.63, 3.8) is 0 Å². The molecule has 1 aliphatic heterocycles. The minimum absolute atomic E-state index is 0.377. The molecule has 2 rings (SSSR count). The molecule has 0 radical (unpaired) electrons. The SMILES string of the molecule is COC1CCN(c2cccc(Br)c2C(N)=S)CC1. The Hall–Kier alpha value is -0.650. The predicted octanol–water partition coefficient (Wildman–Crippen LogP) is 2.70. The molecular weight excluding hydrogens is 312 g/mol. The van der Waals surface area contributed by atoms with Crippen LogP contribution in [0.5, 0.6) is 0 Å². The van der Waals surface area contributed by atoms with Crippen LogP contribution in [0.1, 0.15) is 18.4 Å². The first-order valence-corrected chi connectivity index (χ1v) is 7.19. The standard InChI is InChI=1S/C13H17BrN2OS/c1-17-9-5-7-16(8-6-9)11-4-2-3-10(14)12(11)13(15)18/h2-4,9H,5-8H2,1H3,(H2,15,18). The monoisotopic (exact) mass is 328 g/mol. The van der Waals surface area contributed by atoms with Crippen LogP contribution in [-0.4, -0.2) is 31.3 Å². The molecule has 1 aromatic rings. The molecule has 18 heavy (non-hydrogen) atoms. The molecule has 1 fully saturated rings. The Morgan fingerprint density at radius 1 is 1.44 bits per heavy atom. The highest BCUT2D eigenvalue weighted by Gasteiger charge is 2.22. The zero-order valence-electron chi connectivity index (χ0n) is 10.4. The van der Waals surface area contributed by atoms with E-state index in [2.05, 4.69) is 26.9 Å². The molecule has 1 saturated heterocycles. The van der Waals surface area contributed by atoms with Gasteiger partial charge in [-0.3, -0.25) is 0 Å². The summed E-state index contributed by atoms with van der Waals surface area (Å²) in [7, 11) is 1.78. The topological polar surface area (TPSA) is 38.5 Å². The van der Waals surface area contributed by atoms with Crippen LogP contribution < -0.4 is 10.6 Å². The molecule has 98 valence electrons. The zero-order chi connectivity index (χ0) is 13.1. The number of hydrogen-bond donors (Lipinski definition) is 1. The third-order valence-corrected chi connectivity index (χ3v) is 4.22. The third-order valence-electron chi connectivity index (χ3n) is 3.35. The average molecular weight is 329 g/mol. The Bertz CT molecular complexity index is 445. The first kappa shape index (κ1) is 13.8. The van der Waals surface area contributed by atoms with E-state index in [0.29, 0.717) is 11.1 Å². The lowest BCUT2D eigenvalue weighted by molar-refractivity contribution is 0.0819. The molecule has 0 amide bonds. The van der Waals surface area contributed by atoms with Crippen LogP contribution >= 0.6 is 28.1 Å². The van der Waals surface area contributed by atoms with Gasteiger partial charge in [-0.05, 0) is 40.9 Å². The summed E-state index contributed by atoms with van der Waals surface area (Å²) in [4.78, 5) is 2.76. The molecule has 1 aromatic carbocycles. The number of anilines is 1. The normalized spacial score (nSPS) is 16.9. The van der Waals surface area contributed by atoms with E-state index < -0.39 is 0 Å². The van der Waals surface area contributed by atoms with Crippen molar-refractivity contribution in [3.05, 3.63) is 28.2 Å². The highest BCUT2D eigenvalue weighted by atomic mass is 79.9. The fourth-order valence-electron chi connectivity index (χ4n) is 2.35. The van der Waals surface area contributed by atoms with Crippen molar-refractivity contribution in [1.82, 2.24) is 0 Å². The maximum Gasteiger partial charge on any atom is 0.107 e. The lowest BCUT2D eigenvalue weighted by Crippen LogP contribution is -2.37. The number of thiocarbonyl (C=S) groups is 1. The number of hydrogen-bond acceptors (Lipinski definition) is 3. The van der Waals surface area contributed by atoms with Crippen molar-refractivity contribution in [1.29, 1.82) is 0 Å². The van der Waals surface area contributed by atoms with E-state index in [1.165, 1.54) is 0 Å². The number of nitrogens with two attached hydrogens (primary N) is 1. The Labute approximate surface area is 121 Å². The quantitative estimate of drug-likeness (QED) is 0.866. The van der Waals surface area contributed by atoms with Gasteiger partial charge in [-0.1, -0.05) is 18.3 Å². The van der Waals surface area contributed by atoms with Crippen LogP contribution in [0.4, 0.5) is 5.69 Å². The molecule has 0 aliphatic carbocycles. The second-order valence-corrected chi connectivity index (χ2v) is 5.71. The lowest BCUT2D eigenvalue weighted by Gasteiger charge is -2.34. The first-order chi connectivity index (χ1) is 8.63. The van der Waals surface area contributed by atoms with E-state index in [4.69, 9.17) is 22.7 Å². The minimum Gasteiger partial charge on any atom is -0.389 e. The second-order valence-electron chi connectivity index (χ2n) is 4.42. The summed E-state index contributed by atoms with van der Waals surface area (Å²) >= 11 is 8.67. The van der Waals surface area contributed by atoms with Crippen molar-refractivity contribution < 1.29 is 4.74 Å². The number of methoxy groups -OCH3 is 1. The fraction of sp³-hybridized carbons (Fsp3) is 0.462. The van der Waals surface area contributed by atoms with E-state index in [1.54, 1.807) is 7.11 Å².